The standard InChI is InChI=1S/C26H21Cl2FN2O3S/c1-3-33-20-9-7-19(8-10-20)31-25(32)23(30(2)26(31)35)14-17-12-21(27)24(22(28)13-17)34-15-16-5-4-6-18(29)11-16/h4-14H,3,15H2,1-2H3/b23-14-. The highest BCUT2D eigenvalue weighted by atomic mass is 35.5. The number of anilines is 1. The molecule has 35 heavy (non-hydrogen) atoms. The van der Waals surface area contributed by atoms with Crippen molar-refractivity contribution in [1.29, 1.82) is 0 Å². The first-order valence-electron chi connectivity index (χ1n) is 10.7. The summed E-state index contributed by atoms with van der Waals surface area (Å²) < 4.78 is 24.6. The summed E-state index contributed by atoms with van der Waals surface area (Å²) in [6.45, 7) is 2.56. The van der Waals surface area contributed by atoms with E-state index in [1.807, 2.05) is 6.92 Å². The molecule has 3 aromatic rings. The van der Waals surface area contributed by atoms with Crippen molar-refractivity contribution >= 4 is 58.2 Å². The lowest BCUT2D eigenvalue weighted by molar-refractivity contribution is -0.114. The number of carbonyl (C=O) groups is 1. The minimum Gasteiger partial charge on any atom is -0.494 e. The Morgan fingerprint density at radius 1 is 1.03 bits per heavy atom. The zero-order valence-corrected chi connectivity index (χ0v) is 21.3. The van der Waals surface area contributed by atoms with Crippen molar-refractivity contribution in [3.8, 4) is 11.5 Å². The SMILES string of the molecule is CCOc1ccc(N2C(=O)/C(=C/c3cc(Cl)c(OCc4cccc(F)c4)c(Cl)c3)N(C)C2=S)cc1. The molecule has 0 atom stereocenters. The van der Waals surface area contributed by atoms with Gasteiger partial charge >= 0.3 is 0 Å². The van der Waals surface area contributed by atoms with E-state index in [4.69, 9.17) is 44.9 Å². The maximum absolute atomic E-state index is 13.4. The van der Waals surface area contributed by atoms with Crippen LogP contribution in [-0.2, 0) is 11.4 Å². The molecule has 1 amide bonds. The van der Waals surface area contributed by atoms with Gasteiger partial charge in [0.2, 0.25) is 0 Å². The molecule has 180 valence electrons. The molecule has 0 unspecified atom stereocenters. The maximum atomic E-state index is 13.4. The summed E-state index contributed by atoms with van der Waals surface area (Å²) in [5.74, 6) is 0.354. The number of ether oxygens (including phenoxy) is 2. The van der Waals surface area contributed by atoms with Gasteiger partial charge in [-0.2, -0.15) is 0 Å². The number of benzene rings is 3. The lowest BCUT2D eigenvalue weighted by Crippen LogP contribution is -2.31. The molecule has 0 bridgehead atoms. The fourth-order valence-electron chi connectivity index (χ4n) is 3.58. The fraction of sp³-hybridized carbons (Fsp3) is 0.154. The highest BCUT2D eigenvalue weighted by molar-refractivity contribution is 7.80. The molecule has 3 aromatic carbocycles. The van der Waals surface area contributed by atoms with E-state index in [0.717, 1.165) is 0 Å². The van der Waals surface area contributed by atoms with E-state index in [2.05, 4.69) is 0 Å². The Balaban J connectivity index is 1.56. The van der Waals surface area contributed by atoms with Gasteiger partial charge < -0.3 is 14.4 Å². The molecule has 4 rings (SSSR count). The molecule has 0 saturated carbocycles. The van der Waals surface area contributed by atoms with Crippen LogP contribution in [0.15, 0.2) is 66.4 Å². The van der Waals surface area contributed by atoms with Crippen LogP contribution >= 0.6 is 35.4 Å². The molecule has 1 fully saturated rings. The van der Waals surface area contributed by atoms with Gasteiger partial charge in [0.15, 0.2) is 10.9 Å². The summed E-state index contributed by atoms with van der Waals surface area (Å²) in [7, 11) is 1.72. The number of likely N-dealkylation sites (N-methyl/N-ethyl adjacent to an activating group) is 1. The Morgan fingerprint density at radius 3 is 2.34 bits per heavy atom. The molecule has 0 N–H and O–H groups in total. The van der Waals surface area contributed by atoms with Crippen LogP contribution in [0.5, 0.6) is 11.5 Å². The predicted molar refractivity (Wildman–Crippen MR) is 141 cm³/mol. The summed E-state index contributed by atoms with van der Waals surface area (Å²) in [6, 6.07) is 16.5. The molecule has 0 spiro atoms. The second-order valence-electron chi connectivity index (χ2n) is 7.67. The van der Waals surface area contributed by atoms with Crippen molar-refractivity contribution in [3.63, 3.8) is 0 Å². The molecule has 1 heterocycles. The van der Waals surface area contributed by atoms with E-state index in [9.17, 15) is 9.18 Å². The minimum atomic E-state index is -0.354. The lowest BCUT2D eigenvalue weighted by atomic mass is 10.1. The second-order valence-corrected chi connectivity index (χ2v) is 8.85. The smallest absolute Gasteiger partial charge is 0.281 e. The first kappa shape index (κ1) is 25.0. The number of hydrogen-bond donors (Lipinski definition) is 0. The van der Waals surface area contributed by atoms with Crippen molar-refractivity contribution < 1.29 is 18.7 Å². The van der Waals surface area contributed by atoms with Crippen LogP contribution in [0.2, 0.25) is 10.0 Å². The first-order valence-corrected chi connectivity index (χ1v) is 11.9. The molecular formula is C26H21Cl2FN2O3S. The van der Waals surface area contributed by atoms with Crippen LogP contribution in [0.25, 0.3) is 6.08 Å². The van der Waals surface area contributed by atoms with Crippen LogP contribution in [0.3, 0.4) is 0 Å². The molecule has 0 radical (unpaired) electrons. The molecule has 0 aromatic heterocycles. The van der Waals surface area contributed by atoms with Gasteiger partial charge in [-0.1, -0.05) is 35.3 Å². The monoisotopic (exact) mass is 530 g/mol. The lowest BCUT2D eigenvalue weighted by Gasteiger charge is -2.16. The van der Waals surface area contributed by atoms with Gasteiger partial charge in [-0.3, -0.25) is 9.69 Å². The van der Waals surface area contributed by atoms with Crippen LogP contribution in [0, 0.1) is 5.82 Å². The summed E-state index contributed by atoms with van der Waals surface area (Å²) >= 11 is 18.4. The number of thiocarbonyl (C=S) groups is 1. The highest BCUT2D eigenvalue weighted by Gasteiger charge is 2.36. The third-order valence-electron chi connectivity index (χ3n) is 5.26. The number of amides is 1. The topological polar surface area (TPSA) is 42.0 Å². The van der Waals surface area contributed by atoms with E-state index in [0.29, 0.717) is 40.0 Å². The van der Waals surface area contributed by atoms with Gasteiger partial charge in [0.1, 0.15) is 23.9 Å². The Labute approximate surface area is 218 Å². The molecule has 1 aliphatic rings. The quantitative estimate of drug-likeness (QED) is 0.250. The number of halogens is 3. The van der Waals surface area contributed by atoms with Gasteiger partial charge in [0.25, 0.3) is 5.91 Å². The van der Waals surface area contributed by atoms with Gasteiger partial charge in [-0.15, -0.1) is 0 Å². The zero-order chi connectivity index (χ0) is 25.1. The number of nitrogens with zero attached hydrogens (tertiary/aromatic N) is 2. The maximum Gasteiger partial charge on any atom is 0.281 e. The zero-order valence-electron chi connectivity index (χ0n) is 18.9. The Bertz CT molecular complexity index is 1290. The predicted octanol–water partition coefficient (Wildman–Crippen LogP) is 6.71. The van der Waals surface area contributed by atoms with Gasteiger partial charge in [0, 0.05) is 7.05 Å². The van der Waals surface area contributed by atoms with E-state index < -0.39 is 0 Å². The van der Waals surface area contributed by atoms with Crippen molar-refractivity contribution in [3.05, 3.63) is 93.4 Å². The number of carbonyl (C=O) groups excluding carboxylic acids is 1. The van der Waals surface area contributed by atoms with Crippen molar-refractivity contribution in [2.45, 2.75) is 13.5 Å². The Kier molecular flexibility index (Phi) is 7.60. The second kappa shape index (κ2) is 10.6. The van der Waals surface area contributed by atoms with Gasteiger partial charge in [0.05, 0.1) is 22.3 Å². The van der Waals surface area contributed by atoms with E-state index in [-0.39, 0.29) is 34.1 Å². The first-order chi connectivity index (χ1) is 16.8. The highest BCUT2D eigenvalue weighted by Crippen LogP contribution is 2.36. The van der Waals surface area contributed by atoms with Crippen molar-refractivity contribution in [2.24, 2.45) is 0 Å². The number of hydrogen-bond acceptors (Lipinski definition) is 4. The van der Waals surface area contributed by atoms with Crippen LogP contribution in [0.4, 0.5) is 10.1 Å². The summed E-state index contributed by atoms with van der Waals surface area (Å²) in [6.07, 6.45) is 1.66. The normalized spacial score (nSPS) is 14.7. The average Bonchev–Trinajstić information content (AvgIpc) is 3.02. The average molecular weight is 531 g/mol. The molecule has 9 heteroatoms. The third-order valence-corrected chi connectivity index (χ3v) is 6.28. The number of rotatable bonds is 7. The van der Waals surface area contributed by atoms with E-state index in [1.54, 1.807) is 66.6 Å². The van der Waals surface area contributed by atoms with Crippen molar-refractivity contribution in [1.82, 2.24) is 4.90 Å². The molecule has 5 nitrogen and oxygen atoms in total. The van der Waals surface area contributed by atoms with Crippen LogP contribution < -0.4 is 14.4 Å². The molecular weight excluding hydrogens is 510 g/mol. The van der Waals surface area contributed by atoms with Crippen LogP contribution in [0.1, 0.15) is 18.1 Å². The van der Waals surface area contributed by atoms with E-state index in [1.165, 1.54) is 17.0 Å². The minimum absolute atomic E-state index is 0.101. The van der Waals surface area contributed by atoms with Crippen molar-refractivity contribution in [2.75, 3.05) is 18.6 Å². The summed E-state index contributed by atoms with van der Waals surface area (Å²) in [4.78, 5) is 16.3. The van der Waals surface area contributed by atoms with Gasteiger partial charge in [-0.25, -0.2) is 4.39 Å². The molecule has 1 saturated heterocycles. The largest absolute Gasteiger partial charge is 0.494 e. The van der Waals surface area contributed by atoms with Crippen LogP contribution in [-0.4, -0.2) is 29.6 Å². The summed E-state index contributed by atoms with van der Waals surface area (Å²) in [5.41, 5.74) is 2.24. The summed E-state index contributed by atoms with van der Waals surface area (Å²) in [5, 5.41) is 0.872. The fourth-order valence-corrected chi connectivity index (χ4v) is 4.48. The van der Waals surface area contributed by atoms with E-state index >= 15 is 0 Å². The Morgan fingerprint density at radius 2 is 1.71 bits per heavy atom. The Hall–Kier alpha value is -3.13. The molecule has 1 aliphatic heterocycles. The molecule has 0 aliphatic carbocycles. The third kappa shape index (κ3) is 5.42. The van der Waals surface area contributed by atoms with Gasteiger partial charge in [-0.05, 0) is 84.9 Å².